The normalized spacial score (nSPS) is 13.6. The number of rotatable bonds is 6. The van der Waals surface area contributed by atoms with Gasteiger partial charge < -0.3 is 19.5 Å². The van der Waals surface area contributed by atoms with Gasteiger partial charge in [-0.3, -0.25) is 9.59 Å². The highest BCUT2D eigenvalue weighted by Gasteiger charge is 2.20. The second-order valence-corrected chi connectivity index (χ2v) is 8.34. The Kier molecular flexibility index (Phi) is 6.48. The number of amides is 1. The first-order valence-corrected chi connectivity index (χ1v) is 11.4. The lowest BCUT2D eigenvalue weighted by molar-refractivity contribution is 0.0994. The van der Waals surface area contributed by atoms with Crippen molar-refractivity contribution in [3.05, 3.63) is 106 Å². The maximum absolute atomic E-state index is 13.8. The van der Waals surface area contributed by atoms with Crippen LogP contribution in [0.5, 0.6) is 0 Å². The minimum absolute atomic E-state index is 0.00521. The molecule has 0 aliphatic carbocycles. The first-order chi connectivity index (χ1) is 17.5. The number of furan rings is 1. The highest BCUT2D eigenvalue weighted by molar-refractivity contribution is 6.02. The molecule has 0 saturated carbocycles. The lowest BCUT2D eigenvalue weighted by Gasteiger charge is -2.36. The number of aromatic nitrogens is 2. The van der Waals surface area contributed by atoms with Gasteiger partial charge in [0.2, 0.25) is 0 Å². The first kappa shape index (κ1) is 23.3. The molecule has 0 unspecified atom stereocenters. The molecule has 184 valence electrons. The van der Waals surface area contributed by atoms with Gasteiger partial charge in [0.25, 0.3) is 11.5 Å². The average Bonchev–Trinajstić information content (AvgIpc) is 3.36. The minimum atomic E-state index is -0.598. The molecule has 2 aromatic carbocycles. The van der Waals surface area contributed by atoms with Crippen molar-refractivity contribution in [2.45, 2.75) is 6.54 Å². The second-order valence-electron chi connectivity index (χ2n) is 8.34. The van der Waals surface area contributed by atoms with Crippen LogP contribution >= 0.6 is 0 Å². The van der Waals surface area contributed by atoms with Crippen LogP contribution < -0.4 is 20.7 Å². The molecule has 2 aromatic heterocycles. The van der Waals surface area contributed by atoms with Gasteiger partial charge in [-0.05, 0) is 54.6 Å². The standard InChI is InChI=1S/C26H23F2N5O3/c27-18-5-7-19(8-6-18)31-13-15-32(16-14-31)24-11-12-25(34)33(30-24)17-20-9-10-23(36-20)26(35)29-22-4-2-1-3-21(22)28/h1-12H,13-17H2,(H,29,35). The Morgan fingerprint density at radius 1 is 0.889 bits per heavy atom. The summed E-state index contributed by atoms with van der Waals surface area (Å²) in [5, 5.41) is 6.95. The van der Waals surface area contributed by atoms with Gasteiger partial charge in [-0.1, -0.05) is 12.1 Å². The number of nitrogens with one attached hydrogen (secondary N) is 1. The summed E-state index contributed by atoms with van der Waals surface area (Å²) in [7, 11) is 0. The Bertz CT molecular complexity index is 1430. The number of nitrogens with zero attached hydrogens (tertiary/aromatic N) is 4. The Morgan fingerprint density at radius 3 is 2.36 bits per heavy atom. The van der Waals surface area contributed by atoms with Crippen molar-refractivity contribution >= 4 is 23.1 Å². The summed E-state index contributed by atoms with van der Waals surface area (Å²) >= 11 is 0. The molecule has 1 aliphatic rings. The molecule has 36 heavy (non-hydrogen) atoms. The van der Waals surface area contributed by atoms with E-state index in [-0.39, 0.29) is 29.4 Å². The van der Waals surface area contributed by atoms with Crippen molar-refractivity contribution in [2.24, 2.45) is 0 Å². The van der Waals surface area contributed by atoms with Crippen molar-refractivity contribution in [3.63, 3.8) is 0 Å². The lowest BCUT2D eigenvalue weighted by atomic mass is 10.2. The molecule has 1 N–H and O–H groups in total. The number of halogens is 2. The summed E-state index contributed by atoms with van der Waals surface area (Å²) in [6, 6.07) is 18.4. The zero-order chi connectivity index (χ0) is 25.1. The SMILES string of the molecule is O=C(Nc1ccccc1F)c1ccc(Cn2nc(N3CCN(c4ccc(F)cc4)CC3)ccc2=O)o1. The van der Waals surface area contributed by atoms with Crippen LogP contribution in [0, 0.1) is 11.6 Å². The van der Waals surface area contributed by atoms with Gasteiger partial charge in [-0.15, -0.1) is 0 Å². The van der Waals surface area contributed by atoms with Crippen LogP contribution in [-0.2, 0) is 6.54 Å². The van der Waals surface area contributed by atoms with Crippen LogP contribution in [-0.4, -0.2) is 41.9 Å². The predicted octanol–water partition coefficient (Wildman–Crippen LogP) is 3.74. The fraction of sp³-hybridized carbons (Fsp3) is 0.192. The topological polar surface area (TPSA) is 83.6 Å². The molecular weight excluding hydrogens is 468 g/mol. The van der Waals surface area contributed by atoms with Crippen LogP contribution in [0.2, 0.25) is 0 Å². The number of hydrogen-bond acceptors (Lipinski definition) is 6. The quantitative estimate of drug-likeness (QED) is 0.443. The van der Waals surface area contributed by atoms with E-state index in [0.29, 0.717) is 24.7 Å². The number of piperazine rings is 1. The van der Waals surface area contributed by atoms with E-state index in [9.17, 15) is 18.4 Å². The van der Waals surface area contributed by atoms with Crippen LogP contribution in [0.25, 0.3) is 0 Å². The zero-order valence-electron chi connectivity index (χ0n) is 19.2. The summed E-state index contributed by atoms with van der Waals surface area (Å²) in [5.41, 5.74) is 0.699. The van der Waals surface area contributed by atoms with E-state index in [2.05, 4.69) is 20.2 Å². The summed E-state index contributed by atoms with van der Waals surface area (Å²) in [5.74, 6) is -0.408. The fourth-order valence-electron chi connectivity index (χ4n) is 4.04. The van der Waals surface area contributed by atoms with Gasteiger partial charge in [0.15, 0.2) is 5.76 Å². The molecule has 5 rings (SSSR count). The van der Waals surface area contributed by atoms with E-state index in [0.717, 1.165) is 18.8 Å². The van der Waals surface area contributed by atoms with E-state index in [4.69, 9.17) is 4.42 Å². The van der Waals surface area contributed by atoms with Gasteiger partial charge in [0.05, 0.1) is 5.69 Å². The van der Waals surface area contributed by atoms with Crippen molar-refractivity contribution in [1.29, 1.82) is 0 Å². The minimum Gasteiger partial charge on any atom is -0.454 e. The van der Waals surface area contributed by atoms with Gasteiger partial charge in [-0.2, -0.15) is 5.10 Å². The number of para-hydroxylation sites is 1. The van der Waals surface area contributed by atoms with E-state index in [1.807, 2.05) is 0 Å². The predicted molar refractivity (Wildman–Crippen MR) is 131 cm³/mol. The summed E-state index contributed by atoms with van der Waals surface area (Å²) in [6.45, 7) is 2.86. The number of carbonyl (C=O) groups excluding carboxylic acids is 1. The fourth-order valence-corrected chi connectivity index (χ4v) is 4.04. The van der Waals surface area contributed by atoms with Crippen molar-refractivity contribution in [1.82, 2.24) is 9.78 Å². The van der Waals surface area contributed by atoms with Crippen molar-refractivity contribution < 1.29 is 18.0 Å². The van der Waals surface area contributed by atoms with E-state index in [1.54, 1.807) is 30.3 Å². The van der Waals surface area contributed by atoms with Gasteiger partial charge in [0, 0.05) is 37.9 Å². The van der Waals surface area contributed by atoms with Gasteiger partial charge >= 0.3 is 0 Å². The number of benzene rings is 2. The summed E-state index contributed by atoms with van der Waals surface area (Å²) in [4.78, 5) is 29.1. The summed E-state index contributed by atoms with van der Waals surface area (Å²) in [6.07, 6.45) is 0. The lowest BCUT2D eigenvalue weighted by Crippen LogP contribution is -2.47. The highest BCUT2D eigenvalue weighted by atomic mass is 19.1. The van der Waals surface area contributed by atoms with Gasteiger partial charge in [-0.25, -0.2) is 13.5 Å². The van der Waals surface area contributed by atoms with E-state index < -0.39 is 11.7 Å². The van der Waals surface area contributed by atoms with Gasteiger partial charge in [0.1, 0.15) is 29.8 Å². The molecule has 10 heteroatoms. The molecule has 0 radical (unpaired) electrons. The maximum atomic E-state index is 13.8. The third-order valence-corrected chi connectivity index (χ3v) is 5.96. The van der Waals surface area contributed by atoms with Crippen LogP contribution in [0.4, 0.5) is 26.0 Å². The smallest absolute Gasteiger partial charge is 0.291 e. The second kappa shape index (κ2) is 10.0. The molecular formula is C26H23F2N5O3. The Morgan fingerprint density at radius 2 is 1.61 bits per heavy atom. The highest BCUT2D eigenvalue weighted by Crippen LogP contribution is 2.20. The van der Waals surface area contributed by atoms with Crippen LogP contribution in [0.1, 0.15) is 16.3 Å². The van der Waals surface area contributed by atoms with Crippen molar-refractivity contribution in [3.8, 4) is 0 Å². The molecule has 4 aromatic rings. The number of anilines is 3. The molecule has 0 bridgehead atoms. The third-order valence-electron chi connectivity index (χ3n) is 5.96. The van der Waals surface area contributed by atoms with E-state index in [1.165, 1.54) is 47.1 Å². The monoisotopic (exact) mass is 491 g/mol. The molecule has 8 nitrogen and oxygen atoms in total. The van der Waals surface area contributed by atoms with Crippen LogP contribution in [0.3, 0.4) is 0 Å². The van der Waals surface area contributed by atoms with E-state index >= 15 is 0 Å². The number of hydrogen-bond donors (Lipinski definition) is 1. The molecule has 3 heterocycles. The zero-order valence-corrected chi connectivity index (χ0v) is 19.2. The number of carbonyl (C=O) groups is 1. The molecule has 1 aliphatic heterocycles. The Hall–Kier alpha value is -4.47. The Labute approximate surface area is 205 Å². The summed E-state index contributed by atoms with van der Waals surface area (Å²) < 4.78 is 33.9. The molecule has 1 saturated heterocycles. The third kappa shape index (κ3) is 5.12. The maximum Gasteiger partial charge on any atom is 0.291 e. The van der Waals surface area contributed by atoms with Crippen LogP contribution in [0.15, 0.2) is 82.0 Å². The molecule has 0 atom stereocenters. The molecule has 0 spiro atoms. The largest absolute Gasteiger partial charge is 0.454 e. The Balaban J connectivity index is 1.24. The van der Waals surface area contributed by atoms with Crippen molar-refractivity contribution in [2.75, 3.05) is 41.3 Å². The average molecular weight is 491 g/mol. The first-order valence-electron chi connectivity index (χ1n) is 11.4. The molecule has 1 fully saturated rings. The molecule has 1 amide bonds.